The average molecular weight is 171 g/mol. The smallest absolute Gasteiger partial charge is 0.238 e. The van der Waals surface area contributed by atoms with Crippen molar-refractivity contribution in [2.75, 3.05) is 20.1 Å². The van der Waals surface area contributed by atoms with Gasteiger partial charge in [0.2, 0.25) is 5.91 Å². The molecule has 0 saturated carbocycles. The summed E-state index contributed by atoms with van der Waals surface area (Å²) in [5.41, 5.74) is 2.22. The van der Waals surface area contributed by atoms with Crippen LogP contribution in [0.4, 0.5) is 0 Å². The topological polar surface area (TPSA) is 58.4 Å². The van der Waals surface area contributed by atoms with Gasteiger partial charge in [0.15, 0.2) is 0 Å². The van der Waals surface area contributed by atoms with Crippen LogP contribution < -0.4 is 11.3 Å². The van der Waals surface area contributed by atoms with Crippen LogP contribution in [0.25, 0.3) is 0 Å². The molecule has 1 amide bonds. The number of nitrogens with two attached hydrogens (primary N) is 1. The van der Waals surface area contributed by atoms with E-state index in [1.165, 1.54) is 6.42 Å². The van der Waals surface area contributed by atoms with Crippen LogP contribution in [-0.4, -0.2) is 30.9 Å². The van der Waals surface area contributed by atoms with Crippen molar-refractivity contribution in [3.8, 4) is 0 Å². The Bertz CT molecular complexity index is 160. The Morgan fingerprint density at radius 2 is 2.33 bits per heavy atom. The molecule has 1 atom stereocenters. The number of carbonyl (C=O) groups excluding carboxylic acids is 1. The maximum atomic E-state index is 11.2. The Morgan fingerprint density at radius 1 is 1.58 bits per heavy atom. The minimum absolute atomic E-state index is 0.0243. The largest absolute Gasteiger partial charge is 0.306 e. The van der Waals surface area contributed by atoms with Crippen molar-refractivity contribution in [1.29, 1.82) is 0 Å². The van der Waals surface area contributed by atoms with Crippen molar-refractivity contribution in [1.82, 2.24) is 10.3 Å². The quantitative estimate of drug-likeness (QED) is 0.324. The van der Waals surface area contributed by atoms with Gasteiger partial charge in [-0.15, -0.1) is 0 Å². The molecule has 1 saturated heterocycles. The summed E-state index contributed by atoms with van der Waals surface area (Å²) < 4.78 is 0. The summed E-state index contributed by atoms with van der Waals surface area (Å²) >= 11 is 0. The van der Waals surface area contributed by atoms with Gasteiger partial charge in [0.1, 0.15) is 0 Å². The molecule has 0 bridgehead atoms. The summed E-state index contributed by atoms with van der Waals surface area (Å²) in [6, 6.07) is 0. The molecule has 0 aromatic rings. The molecule has 0 aromatic carbocycles. The van der Waals surface area contributed by atoms with Crippen LogP contribution in [-0.2, 0) is 4.79 Å². The highest BCUT2D eigenvalue weighted by molar-refractivity contribution is 5.78. The maximum absolute atomic E-state index is 11.2. The van der Waals surface area contributed by atoms with Gasteiger partial charge in [-0.05, 0) is 26.4 Å². The second-order valence-corrected chi connectivity index (χ2v) is 3.46. The normalized spacial score (nSPS) is 26.3. The standard InChI is InChI=1S/C8H17N3O/c1-11-5-3-2-4-7(6-11)8(12)10-9/h7H,2-6,9H2,1H3,(H,10,12). The zero-order valence-electron chi connectivity index (χ0n) is 7.55. The van der Waals surface area contributed by atoms with Crippen molar-refractivity contribution < 1.29 is 4.79 Å². The number of amides is 1. The SMILES string of the molecule is CN1CCCCC(C(=O)NN)C1. The Labute approximate surface area is 73.1 Å². The van der Waals surface area contributed by atoms with Crippen molar-refractivity contribution >= 4 is 5.91 Å². The van der Waals surface area contributed by atoms with Crippen LogP contribution in [0.1, 0.15) is 19.3 Å². The highest BCUT2D eigenvalue weighted by Crippen LogP contribution is 2.14. The van der Waals surface area contributed by atoms with Gasteiger partial charge >= 0.3 is 0 Å². The van der Waals surface area contributed by atoms with E-state index in [2.05, 4.69) is 10.3 Å². The van der Waals surface area contributed by atoms with Crippen molar-refractivity contribution in [2.45, 2.75) is 19.3 Å². The summed E-state index contributed by atoms with van der Waals surface area (Å²) in [5.74, 6) is 5.14. The van der Waals surface area contributed by atoms with Gasteiger partial charge in [-0.25, -0.2) is 5.84 Å². The lowest BCUT2D eigenvalue weighted by Crippen LogP contribution is -2.39. The third kappa shape index (κ3) is 2.46. The first-order chi connectivity index (χ1) is 5.74. The minimum atomic E-state index is -0.0243. The lowest BCUT2D eigenvalue weighted by Gasteiger charge is -2.17. The molecule has 3 N–H and O–H groups in total. The van der Waals surface area contributed by atoms with E-state index in [4.69, 9.17) is 5.84 Å². The molecule has 12 heavy (non-hydrogen) atoms. The van der Waals surface area contributed by atoms with Crippen LogP contribution >= 0.6 is 0 Å². The molecule has 1 rings (SSSR count). The second kappa shape index (κ2) is 4.42. The number of nitrogens with one attached hydrogen (secondary N) is 1. The lowest BCUT2D eigenvalue weighted by atomic mass is 10.0. The third-order valence-electron chi connectivity index (χ3n) is 2.39. The molecule has 1 unspecified atom stereocenters. The van der Waals surface area contributed by atoms with Crippen LogP contribution in [0.2, 0.25) is 0 Å². The summed E-state index contributed by atoms with van der Waals surface area (Å²) in [5, 5.41) is 0. The van der Waals surface area contributed by atoms with Crippen LogP contribution in [0.15, 0.2) is 0 Å². The molecule has 0 aliphatic carbocycles. The van der Waals surface area contributed by atoms with Gasteiger partial charge in [-0.3, -0.25) is 10.2 Å². The Kier molecular flexibility index (Phi) is 3.49. The molecule has 0 spiro atoms. The van der Waals surface area contributed by atoms with Crippen LogP contribution in [0, 0.1) is 5.92 Å². The van der Waals surface area contributed by atoms with Crippen LogP contribution in [0.3, 0.4) is 0 Å². The zero-order chi connectivity index (χ0) is 8.97. The summed E-state index contributed by atoms with van der Waals surface area (Å²) in [4.78, 5) is 13.4. The molecule has 4 nitrogen and oxygen atoms in total. The highest BCUT2D eigenvalue weighted by Gasteiger charge is 2.21. The first-order valence-corrected chi connectivity index (χ1v) is 4.43. The Hall–Kier alpha value is -0.610. The molecule has 1 aliphatic rings. The van der Waals surface area contributed by atoms with E-state index < -0.39 is 0 Å². The van der Waals surface area contributed by atoms with E-state index >= 15 is 0 Å². The van der Waals surface area contributed by atoms with Gasteiger partial charge in [0.05, 0.1) is 5.92 Å². The van der Waals surface area contributed by atoms with Gasteiger partial charge in [-0.2, -0.15) is 0 Å². The number of hydrogen-bond donors (Lipinski definition) is 2. The molecule has 0 radical (unpaired) electrons. The fraction of sp³-hybridized carbons (Fsp3) is 0.875. The molecule has 1 aliphatic heterocycles. The molecular formula is C8H17N3O. The first kappa shape index (κ1) is 9.48. The number of rotatable bonds is 1. The first-order valence-electron chi connectivity index (χ1n) is 4.43. The van der Waals surface area contributed by atoms with E-state index in [1.807, 2.05) is 7.05 Å². The van der Waals surface area contributed by atoms with Crippen molar-refractivity contribution in [2.24, 2.45) is 11.8 Å². The minimum Gasteiger partial charge on any atom is -0.306 e. The van der Waals surface area contributed by atoms with Crippen LogP contribution in [0.5, 0.6) is 0 Å². The predicted octanol–water partition coefficient (Wildman–Crippen LogP) is -0.292. The third-order valence-corrected chi connectivity index (χ3v) is 2.39. The molecule has 1 fully saturated rings. The highest BCUT2D eigenvalue weighted by atomic mass is 16.2. The molecule has 0 aromatic heterocycles. The van der Waals surface area contributed by atoms with E-state index in [0.717, 1.165) is 25.9 Å². The van der Waals surface area contributed by atoms with Crippen molar-refractivity contribution in [3.63, 3.8) is 0 Å². The maximum Gasteiger partial charge on any atom is 0.238 e. The number of hydrogen-bond acceptors (Lipinski definition) is 3. The van der Waals surface area contributed by atoms with E-state index in [-0.39, 0.29) is 11.8 Å². The van der Waals surface area contributed by atoms with Gasteiger partial charge in [-0.1, -0.05) is 6.42 Å². The Morgan fingerprint density at radius 3 is 3.00 bits per heavy atom. The monoisotopic (exact) mass is 171 g/mol. The van der Waals surface area contributed by atoms with Gasteiger partial charge in [0.25, 0.3) is 0 Å². The lowest BCUT2D eigenvalue weighted by molar-refractivity contribution is -0.125. The average Bonchev–Trinajstić information content (AvgIpc) is 2.28. The summed E-state index contributed by atoms with van der Waals surface area (Å²) in [6.45, 7) is 1.93. The van der Waals surface area contributed by atoms with E-state index in [9.17, 15) is 4.79 Å². The second-order valence-electron chi connectivity index (χ2n) is 3.46. The molecule has 70 valence electrons. The molecule has 1 heterocycles. The fourth-order valence-electron chi connectivity index (χ4n) is 1.66. The zero-order valence-corrected chi connectivity index (χ0v) is 7.55. The number of carbonyl (C=O) groups is 1. The molecular weight excluding hydrogens is 154 g/mol. The fourth-order valence-corrected chi connectivity index (χ4v) is 1.66. The number of nitrogens with zero attached hydrogens (tertiary/aromatic N) is 1. The van der Waals surface area contributed by atoms with E-state index in [1.54, 1.807) is 0 Å². The van der Waals surface area contributed by atoms with Gasteiger partial charge < -0.3 is 4.90 Å². The molecule has 4 heteroatoms. The van der Waals surface area contributed by atoms with Crippen molar-refractivity contribution in [3.05, 3.63) is 0 Å². The number of likely N-dealkylation sites (tertiary alicyclic amines) is 1. The van der Waals surface area contributed by atoms with E-state index in [0.29, 0.717) is 0 Å². The predicted molar refractivity (Wildman–Crippen MR) is 47.2 cm³/mol. The van der Waals surface area contributed by atoms with Gasteiger partial charge in [0, 0.05) is 6.54 Å². The Balaban J connectivity index is 2.46. The summed E-state index contributed by atoms with van der Waals surface area (Å²) in [7, 11) is 2.04. The number of hydrazine groups is 1. The summed E-state index contributed by atoms with van der Waals surface area (Å²) in [6.07, 6.45) is 3.28.